The molecule has 0 saturated heterocycles. The van der Waals surface area contributed by atoms with Gasteiger partial charge in [-0.2, -0.15) is 0 Å². The Kier molecular flexibility index (Phi) is 4.07. The normalized spacial score (nSPS) is 10.0. The number of amides is 1. The number of nitrogens with one attached hydrogen (secondary N) is 1. The molecular weight excluding hydrogens is 240 g/mol. The Morgan fingerprint density at radius 2 is 2.11 bits per heavy atom. The number of aromatic nitrogens is 2. The minimum atomic E-state index is -0.0513. The molecule has 0 bridgehead atoms. The lowest BCUT2D eigenvalue weighted by Gasteiger charge is -2.17. The van der Waals surface area contributed by atoms with Crippen LogP contribution < -0.4 is 5.32 Å². The second-order valence-corrected chi connectivity index (χ2v) is 4.16. The van der Waals surface area contributed by atoms with Crippen LogP contribution in [0.4, 0.5) is 5.82 Å². The summed E-state index contributed by atoms with van der Waals surface area (Å²) in [5.74, 6) is 0.627. The Labute approximate surface area is 112 Å². The molecule has 0 fully saturated rings. The number of rotatable bonds is 4. The van der Waals surface area contributed by atoms with Crippen LogP contribution in [0.3, 0.4) is 0 Å². The maximum Gasteiger partial charge on any atom is 0.254 e. The van der Waals surface area contributed by atoms with Crippen LogP contribution in [-0.4, -0.2) is 34.9 Å². The second-order valence-electron chi connectivity index (χ2n) is 4.16. The zero-order chi connectivity index (χ0) is 13.7. The summed E-state index contributed by atoms with van der Waals surface area (Å²) in [4.78, 5) is 22.2. The van der Waals surface area contributed by atoms with Gasteiger partial charge in [0.2, 0.25) is 0 Å². The molecule has 0 unspecified atom stereocenters. The van der Waals surface area contributed by atoms with Gasteiger partial charge in [0.1, 0.15) is 5.82 Å². The number of anilines is 1. The molecular formula is C14H16N4O. The lowest BCUT2D eigenvalue weighted by molar-refractivity contribution is 0.0783. The van der Waals surface area contributed by atoms with E-state index in [0.717, 1.165) is 5.69 Å². The highest BCUT2D eigenvalue weighted by Gasteiger charge is 2.13. The van der Waals surface area contributed by atoms with Crippen LogP contribution in [0.15, 0.2) is 42.7 Å². The predicted molar refractivity (Wildman–Crippen MR) is 73.8 cm³/mol. The monoisotopic (exact) mass is 256 g/mol. The van der Waals surface area contributed by atoms with Crippen LogP contribution in [-0.2, 0) is 6.54 Å². The van der Waals surface area contributed by atoms with E-state index >= 15 is 0 Å². The quantitative estimate of drug-likeness (QED) is 0.906. The number of carbonyl (C=O) groups excluding carboxylic acids is 1. The Morgan fingerprint density at radius 1 is 1.26 bits per heavy atom. The molecule has 0 atom stereocenters. The van der Waals surface area contributed by atoms with Crippen molar-refractivity contribution in [3.8, 4) is 0 Å². The lowest BCUT2D eigenvalue weighted by atomic mass is 10.2. The van der Waals surface area contributed by atoms with Crippen molar-refractivity contribution in [1.29, 1.82) is 0 Å². The Morgan fingerprint density at radius 3 is 2.79 bits per heavy atom. The molecule has 0 aliphatic rings. The molecule has 5 nitrogen and oxygen atoms in total. The molecule has 2 heterocycles. The third kappa shape index (κ3) is 3.28. The van der Waals surface area contributed by atoms with Crippen LogP contribution >= 0.6 is 0 Å². The van der Waals surface area contributed by atoms with Gasteiger partial charge < -0.3 is 10.2 Å². The molecule has 0 radical (unpaired) electrons. The molecule has 2 rings (SSSR count). The van der Waals surface area contributed by atoms with Crippen LogP contribution in [0.1, 0.15) is 16.1 Å². The zero-order valence-corrected chi connectivity index (χ0v) is 11.0. The van der Waals surface area contributed by atoms with E-state index in [4.69, 9.17) is 0 Å². The first kappa shape index (κ1) is 13.0. The van der Waals surface area contributed by atoms with Gasteiger partial charge in [0.15, 0.2) is 0 Å². The fourth-order valence-electron chi connectivity index (χ4n) is 1.73. The summed E-state index contributed by atoms with van der Waals surface area (Å²) in [5.41, 5.74) is 1.47. The van der Waals surface area contributed by atoms with Crippen LogP contribution in [0.25, 0.3) is 0 Å². The molecule has 19 heavy (non-hydrogen) atoms. The van der Waals surface area contributed by atoms with Gasteiger partial charge in [-0.3, -0.25) is 9.78 Å². The van der Waals surface area contributed by atoms with E-state index in [1.165, 1.54) is 0 Å². The summed E-state index contributed by atoms with van der Waals surface area (Å²) in [6, 6.07) is 9.10. The van der Waals surface area contributed by atoms with Crippen molar-refractivity contribution in [1.82, 2.24) is 14.9 Å². The maximum atomic E-state index is 12.3. The van der Waals surface area contributed by atoms with Gasteiger partial charge in [-0.1, -0.05) is 6.07 Å². The standard InChI is InChI=1S/C14H16N4O/c1-15-13-9-11(6-8-17-13)14(19)18(2)10-12-5-3-4-7-16-12/h3-9H,10H2,1-2H3,(H,15,17). The van der Waals surface area contributed by atoms with Gasteiger partial charge in [-0.05, 0) is 24.3 Å². The van der Waals surface area contributed by atoms with E-state index < -0.39 is 0 Å². The number of hydrogen-bond acceptors (Lipinski definition) is 4. The Balaban J connectivity index is 2.10. The van der Waals surface area contributed by atoms with Crippen molar-refractivity contribution in [3.63, 3.8) is 0 Å². The van der Waals surface area contributed by atoms with Crippen LogP contribution in [0.5, 0.6) is 0 Å². The second kappa shape index (κ2) is 5.95. The summed E-state index contributed by atoms with van der Waals surface area (Å²) < 4.78 is 0. The smallest absolute Gasteiger partial charge is 0.254 e. The van der Waals surface area contributed by atoms with Gasteiger partial charge in [0, 0.05) is 32.1 Å². The first-order valence-electron chi connectivity index (χ1n) is 6.00. The van der Waals surface area contributed by atoms with Gasteiger partial charge in [0.25, 0.3) is 5.91 Å². The minimum absolute atomic E-state index is 0.0513. The molecule has 0 aliphatic carbocycles. The van der Waals surface area contributed by atoms with Crippen molar-refractivity contribution in [2.75, 3.05) is 19.4 Å². The first-order valence-corrected chi connectivity index (χ1v) is 6.00. The summed E-state index contributed by atoms with van der Waals surface area (Å²) >= 11 is 0. The average Bonchev–Trinajstić information content (AvgIpc) is 2.47. The highest BCUT2D eigenvalue weighted by atomic mass is 16.2. The minimum Gasteiger partial charge on any atom is -0.373 e. The molecule has 0 aromatic carbocycles. The van der Waals surface area contributed by atoms with E-state index in [2.05, 4.69) is 15.3 Å². The molecule has 5 heteroatoms. The molecule has 1 amide bonds. The molecule has 1 N–H and O–H groups in total. The Hall–Kier alpha value is -2.43. The molecule has 0 saturated carbocycles. The van der Waals surface area contributed by atoms with Crippen molar-refractivity contribution < 1.29 is 4.79 Å². The lowest BCUT2D eigenvalue weighted by Crippen LogP contribution is -2.26. The van der Waals surface area contributed by atoms with E-state index in [1.54, 1.807) is 43.5 Å². The van der Waals surface area contributed by atoms with Crippen molar-refractivity contribution in [3.05, 3.63) is 54.0 Å². The molecule has 0 aliphatic heterocycles. The van der Waals surface area contributed by atoms with Crippen molar-refractivity contribution in [2.45, 2.75) is 6.54 Å². The van der Waals surface area contributed by atoms with E-state index in [0.29, 0.717) is 17.9 Å². The molecule has 98 valence electrons. The molecule has 0 spiro atoms. The van der Waals surface area contributed by atoms with Crippen LogP contribution in [0.2, 0.25) is 0 Å². The largest absolute Gasteiger partial charge is 0.373 e. The third-order valence-electron chi connectivity index (χ3n) is 2.74. The van der Waals surface area contributed by atoms with E-state index in [-0.39, 0.29) is 5.91 Å². The van der Waals surface area contributed by atoms with Crippen molar-refractivity contribution >= 4 is 11.7 Å². The van der Waals surface area contributed by atoms with Gasteiger partial charge in [0.05, 0.1) is 12.2 Å². The zero-order valence-electron chi connectivity index (χ0n) is 11.0. The molecule has 2 aromatic heterocycles. The average molecular weight is 256 g/mol. The van der Waals surface area contributed by atoms with Gasteiger partial charge in [-0.15, -0.1) is 0 Å². The number of hydrogen-bond donors (Lipinski definition) is 1. The summed E-state index contributed by atoms with van der Waals surface area (Å²) in [6.45, 7) is 0.483. The Bertz CT molecular complexity index is 556. The topological polar surface area (TPSA) is 58.1 Å². The van der Waals surface area contributed by atoms with Gasteiger partial charge >= 0.3 is 0 Å². The highest BCUT2D eigenvalue weighted by molar-refractivity contribution is 5.94. The van der Waals surface area contributed by atoms with Crippen LogP contribution in [0, 0.1) is 0 Å². The predicted octanol–water partition coefficient (Wildman–Crippen LogP) is 1.79. The number of nitrogens with zero attached hydrogens (tertiary/aromatic N) is 3. The first-order chi connectivity index (χ1) is 9.20. The van der Waals surface area contributed by atoms with Gasteiger partial charge in [-0.25, -0.2) is 4.98 Å². The number of carbonyl (C=O) groups is 1. The fraction of sp³-hybridized carbons (Fsp3) is 0.214. The number of pyridine rings is 2. The summed E-state index contributed by atoms with van der Waals surface area (Å²) in [7, 11) is 3.53. The third-order valence-corrected chi connectivity index (χ3v) is 2.74. The SMILES string of the molecule is CNc1cc(C(=O)N(C)Cc2ccccn2)ccn1. The van der Waals surface area contributed by atoms with E-state index in [1.807, 2.05) is 18.2 Å². The maximum absolute atomic E-state index is 12.3. The summed E-state index contributed by atoms with van der Waals surface area (Å²) in [5, 5.41) is 2.92. The highest BCUT2D eigenvalue weighted by Crippen LogP contribution is 2.10. The fourth-order valence-corrected chi connectivity index (χ4v) is 1.73. The van der Waals surface area contributed by atoms with E-state index in [9.17, 15) is 4.79 Å². The van der Waals surface area contributed by atoms with Crippen molar-refractivity contribution in [2.24, 2.45) is 0 Å². The molecule has 2 aromatic rings. The summed E-state index contributed by atoms with van der Waals surface area (Å²) in [6.07, 6.45) is 3.34.